The van der Waals surface area contributed by atoms with Crippen molar-refractivity contribution in [2.75, 3.05) is 13.2 Å². The minimum Gasteiger partial charge on any atom is -0.378 e. The maximum Gasteiger partial charge on any atom is 0.315 e. The normalized spacial score (nSPS) is 19.4. The highest BCUT2D eigenvalue weighted by Crippen LogP contribution is 2.15. The molecule has 0 aromatic carbocycles. The van der Waals surface area contributed by atoms with Crippen LogP contribution in [0.3, 0.4) is 0 Å². The second-order valence-electron chi connectivity index (χ2n) is 6.56. The first-order valence-corrected chi connectivity index (χ1v) is 8.62. The van der Waals surface area contributed by atoms with Gasteiger partial charge in [0.05, 0.1) is 11.8 Å². The molecule has 1 aliphatic heterocycles. The number of aromatic nitrogens is 2. The first-order valence-electron chi connectivity index (χ1n) is 8.62. The van der Waals surface area contributed by atoms with Gasteiger partial charge in [-0.15, -0.1) is 0 Å². The summed E-state index contributed by atoms with van der Waals surface area (Å²) < 4.78 is 7.56. The topological polar surface area (TPSA) is 68.2 Å². The number of rotatable bonds is 6. The second kappa shape index (κ2) is 8.34. The van der Waals surface area contributed by atoms with Crippen LogP contribution in [0.5, 0.6) is 0 Å². The zero-order valence-electron chi connectivity index (χ0n) is 14.8. The van der Waals surface area contributed by atoms with Crippen molar-refractivity contribution in [3.8, 4) is 0 Å². The molecular weight excluding hydrogens is 292 g/mol. The van der Waals surface area contributed by atoms with Crippen LogP contribution in [-0.2, 0) is 18.2 Å². The lowest BCUT2D eigenvalue weighted by atomic mass is 10.1. The molecule has 2 atom stereocenters. The Hall–Kier alpha value is -1.56. The number of hydrogen-bond donors (Lipinski definition) is 2. The van der Waals surface area contributed by atoms with E-state index >= 15 is 0 Å². The van der Waals surface area contributed by atoms with Crippen molar-refractivity contribution in [3.63, 3.8) is 0 Å². The summed E-state index contributed by atoms with van der Waals surface area (Å²) in [6.45, 7) is 7.62. The highest BCUT2D eigenvalue weighted by molar-refractivity contribution is 5.74. The Morgan fingerprint density at radius 1 is 1.43 bits per heavy atom. The molecule has 0 saturated carbocycles. The summed E-state index contributed by atoms with van der Waals surface area (Å²) in [7, 11) is 1.95. The number of ether oxygens (including phenoxy) is 1. The van der Waals surface area contributed by atoms with E-state index < -0.39 is 0 Å². The van der Waals surface area contributed by atoms with E-state index in [0.717, 1.165) is 43.7 Å². The number of nitrogens with zero attached hydrogens (tertiary/aromatic N) is 2. The van der Waals surface area contributed by atoms with Gasteiger partial charge in [-0.05, 0) is 58.4 Å². The van der Waals surface area contributed by atoms with Gasteiger partial charge in [0.1, 0.15) is 0 Å². The molecule has 1 aliphatic rings. The molecule has 1 aromatic rings. The zero-order chi connectivity index (χ0) is 16.8. The number of urea groups is 1. The molecule has 0 bridgehead atoms. The van der Waals surface area contributed by atoms with Crippen LogP contribution in [-0.4, -0.2) is 41.1 Å². The van der Waals surface area contributed by atoms with Crippen LogP contribution in [0.4, 0.5) is 4.79 Å². The van der Waals surface area contributed by atoms with Gasteiger partial charge in [-0.1, -0.05) is 0 Å². The SMILES string of the molecule is Cc1nn(C)c(C)c1C[C@@H](C)NC(=O)NCC[C@H]1CCCCO1. The molecule has 23 heavy (non-hydrogen) atoms. The third-order valence-electron chi connectivity index (χ3n) is 4.57. The van der Waals surface area contributed by atoms with Gasteiger partial charge in [0, 0.05) is 31.9 Å². The van der Waals surface area contributed by atoms with Crippen molar-refractivity contribution in [2.45, 2.75) is 65.0 Å². The summed E-state index contributed by atoms with van der Waals surface area (Å²) >= 11 is 0. The summed E-state index contributed by atoms with van der Waals surface area (Å²) in [4.78, 5) is 12.0. The quantitative estimate of drug-likeness (QED) is 0.844. The summed E-state index contributed by atoms with van der Waals surface area (Å²) in [5, 5.41) is 10.4. The number of hydrogen-bond acceptors (Lipinski definition) is 3. The summed E-state index contributed by atoms with van der Waals surface area (Å²) in [6.07, 6.45) is 5.50. The van der Waals surface area contributed by atoms with Crippen molar-refractivity contribution in [3.05, 3.63) is 17.0 Å². The Balaban J connectivity index is 1.69. The second-order valence-corrected chi connectivity index (χ2v) is 6.56. The maximum absolute atomic E-state index is 12.0. The van der Waals surface area contributed by atoms with Crippen molar-refractivity contribution in [1.29, 1.82) is 0 Å². The molecule has 0 unspecified atom stereocenters. The van der Waals surface area contributed by atoms with Crippen LogP contribution < -0.4 is 10.6 Å². The molecule has 6 heteroatoms. The molecule has 0 aliphatic carbocycles. The lowest BCUT2D eigenvalue weighted by molar-refractivity contribution is 0.0120. The Kier molecular flexibility index (Phi) is 6.45. The van der Waals surface area contributed by atoms with Crippen molar-refractivity contribution in [1.82, 2.24) is 20.4 Å². The molecule has 2 heterocycles. The minimum atomic E-state index is -0.104. The highest BCUT2D eigenvalue weighted by Gasteiger charge is 2.16. The maximum atomic E-state index is 12.0. The molecule has 1 aromatic heterocycles. The molecule has 1 saturated heterocycles. The molecule has 2 N–H and O–H groups in total. The molecule has 1 fully saturated rings. The summed E-state index contributed by atoms with van der Waals surface area (Å²) in [6, 6.07) is -0.0324. The van der Waals surface area contributed by atoms with Crippen molar-refractivity contribution < 1.29 is 9.53 Å². The van der Waals surface area contributed by atoms with Gasteiger partial charge in [0.2, 0.25) is 0 Å². The fraction of sp³-hybridized carbons (Fsp3) is 0.765. The van der Waals surface area contributed by atoms with Gasteiger partial charge in [-0.3, -0.25) is 4.68 Å². The standard InChI is InChI=1S/C17H30N4O2/c1-12(11-16-13(2)20-21(4)14(16)3)19-17(22)18-9-8-15-7-5-6-10-23-15/h12,15H,5-11H2,1-4H3,(H2,18,19,22)/t12-,15-/m1/s1. The molecular formula is C17H30N4O2. The Bertz CT molecular complexity index is 521. The molecule has 0 radical (unpaired) electrons. The van der Waals surface area contributed by atoms with Gasteiger partial charge in [0.25, 0.3) is 0 Å². The smallest absolute Gasteiger partial charge is 0.315 e. The summed E-state index contributed by atoms with van der Waals surface area (Å²) in [5.74, 6) is 0. The van der Waals surface area contributed by atoms with Crippen LogP contribution in [0.25, 0.3) is 0 Å². The van der Waals surface area contributed by atoms with E-state index in [1.165, 1.54) is 12.0 Å². The number of nitrogens with one attached hydrogen (secondary N) is 2. The van der Waals surface area contributed by atoms with Crippen LogP contribution in [0.1, 0.15) is 49.6 Å². The first-order chi connectivity index (χ1) is 11.0. The fourth-order valence-electron chi connectivity index (χ4n) is 3.13. The first kappa shape index (κ1) is 17.8. The average molecular weight is 322 g/mol. The van der Waals surface area contributed by atoms with Crippen molar-refractivity contribution in [2.24, 2.45) is 7.05 Å². The van der Waals surface area contributed by atoms with E-state index in [-0.39, 0.29) is 12.1 Å². The molecule has 2 amide bonds. The third-order valence-corrected chi connectivity index (χ3v) is 4.57. The number of carbonyl (C=O) groups excluding carboxylic acids is 1. The number of amides is 2. The van der Waals surface area contributed by atoms with Gasteiger partial charge in [-0.2, -0.15) is 5.10 Å². The van der Waals surface area contributed by atoms with E-state index in [4.69, 9.17) is 4.74 Å². The lowest BCUT2D eigenvalue weighted by Crippen LogP contribution is -2.42. The lowest BCUT2D eigenvalue weighted by Gasteiger charge is -2.22. The molecule has 130 valence electrons. The largest absolute Gasteiger partial charge is 0.378 e. The van der Waals surface area contributed by atoms with Crippen LogP contribution in [0.15, 0.2) is 0 Å². The summed E-state index contributed by atoms with van der Waals surface area (Å²) in [5.41, 5.74) is 3.41. The Morgan fingerprint density at radius 2 is 2.22 bits per heavy atom. The van der Waals surface area contributed by atoms with Crippen LogP contribution in [0.2, 0.25) is 0 Å². The van der Waals surface area contributed by atoms with Gasteiger partial charge >= 0.3 is 6.03 Å². The van der Waals surface area contributed by atoms with Crippen molar-refractivity contribution >= 4 is 6.03 Å². The van der Waals surface area contributed by atoms with Crippen LogP contribution in [0, 0.1) is 13.8 Å². The minimum absolute atomic E-state index is 0.0718. The van der Waals surface area contributed by atoms with E-state index in [2.05, 4.69) is 22.7 Å². The van der Waals surface area contributed by atoms with Gasteiger partial charge in [-0.25, -0.2) is 4.79 Å². The fourth-order valence-corrected chi connectivity index (χ4v) is 3.13. The van der Waals surface area contributed by atoms with Gasteiger partial charge in [0.15, 0.2) is 0 Å². The molecule has 6 nitrogen and oxygen atoms in total. The highest BCUT2D eigenvalue weighted by atomic mass is 16.5. The number of carbonyl (C=O) groups is 1. The van der Waals surface area contributed by atoms with E-state index in [0.29, 0.717) is 12.6 Å². The Labute approximate surface area is 139 Å². The van der Waals surface area contributed by atoms with E-state index in [1.54, 1.807) is 0 Å². The van der Waals surface area contributed by atoms with Gasteiger partial charge < -0.3 is 15.4 Å². The third kappa shape index (κ3) is 5.23. The zero-order valence-corrected chi connectivity index (χ0v) is 14.8. The molecule has 2 rings (SSSR count). The number of aryl methyl sites for hydroxylation is 2. The van der Waals surface area contributed by atoms with Crippen LogP contribution >= 0.6 is 0 Å². The van der Waals surface area contributed by atoms with E-state index in [1.807, 2.05) is 25.6 Å². The predicted molar refractivity (Wildman–Crippen MR) is 90.6 cm³/mol. The predicted octanol–water partition coefficient (Wildman–Crippen LogP) is 2.23. The average Bonchev–Trinajstić information content (AvgIpc) is 2.74. The van der Waals surface area contributed by atoms with E-state index in [9.17, 15) is 4.79 Å². The monoisotopic (exact) mass is 322 g/mol. The molecule has 0 spiro atoms. The Morgan fingerprint density at radius 3 is 2.83 bits per heavy atom.